The van der Waals surface area contributed by atoms with Crippen LogP contribution in [-0.4, -0.2) is 37.7 Å². The Morgan fingerprint density at radius 1 is 1.40 bits per heavy atom. The van der Waals surface area contributed by atoms with Crippen LogP contribution in [0.25, 0.3) is 0 Å². The number of carbonyl (C=O) groups is 2. The van der Waals surface area contributed by atoms with E-state index in [1.165, 1.54) is 7.11 Å². The third-order valence-corrected chi connectivity index (χ3v) is 3.05. The van der Waals surface area contributed by atoms with Gasteiger partial charge < -0.3 is 20.1 Å². The van der Waals surface area contributed by atoms with E-state index in [4.69, 9.17) is 4.74 Å². The van der Waals surface area contributed by atoms with Crippen LogP contribution in [0.5, 0.6) is 5.75 Å². The molecule has 0 bridgehead atoms. The number of nitrogens with one attached hydrogen (secondary N) is 2. The summed E-state index contributed by atoms with van der Waals surface area (Å²) in [6.07, 6.45) is 0. The SMILES string of the molecule is COC(=O)C(C)(C)NC(=O)c1cccc2c1OCCN2. The van der Waals surface area contributed by atoms with Crippen molar-refractivity contribution in [1.82, 2.24) is 5.32 Å². The molecule has 2 rings (SSSR count). The monoisotopic (exact) mass is 278 g/mol. The highest BCUT2D eigenvalue weighted by Crippen LogP contribution is 2.31. The Labute approximate surface area is 117 Å². The van der Waals surface area contributed by atoms with Crippen molar-refractivity contribution in [3.8, 4) is 5.75 Å². The molecule has 0 unspecified atom stereocenters. The Morgan fingerprint density at radius 2 is 2.15 bits per heavy atom. The quantitative estimate of drug-likeness (QED) is 0.812. The Kier molecular flexibility index (Phi) is 3.83. The lowest BCUT2D eigenvalue weighted by Crippen LogP contribution is -2.50. The number of methoxy groups -OCH3 is 1. The molecule has 0 saturated carbocycles. The predicted molar refractivity (Wildman–Crippen MR) is 74.0 cm³/mol. The summed E-state index contributed by atoms with van der Waals surface area (Å²) < 4.78 is 10.2. The first-order valence-electron chi connectivity index (χ1n) is 6.36. The highest BCUT2D eigenvalue weighted by Gasteiger charge is 2.32. The molecular weight excluding hydrogens is 260 g/mol. The van der Waals surface area contributed by atoms with Gasteiger partial charge in [0.15, 0.2) is 5.75 Å². The van der Waals surface area contributed by atoms with Crippen LogP contribution in [-0.2, 0) is 9.53 Å². The van der Waals surface area contributed by atoms with Crippen molar-refractivity contribution in [3.05, 3.63) is 23.8 Å². The Hall–Kier alpha value is -2.24. The second kappa shape index (κ2) is 5.40. The van der Waals surface area contributed by atoms with Gasteiger partial charge in [-0.3, -0.25) is 4.79 Å². The Balaban J connectivity index is 2.24. The van der Waals surface area contributed by atoms with E-state index in [1.807, 2.05) is 6.07 Å². The van der Waals surface area contributed by atoms with Gasteiger partial charge in [-0.2, -0.15) is 0 Å². The molecule has 0 atom stereocenters. The molecule has 1 aromatic rings. The standard InChI is InChI=1S/C14H18N2O4/c1-14(2,13(18)19-3)16-12(17)9-5-4-6-10-11(9)20-8-7-15-10/h4-6,15H,7-8H2,1-3H3,(H,16,17). The summed E-state index contributed by atoms with van der Waals surface area (Å²) in [5.74, 6) is -0.368. The maximum absolute atomic E-state index is 12.3. The molecule has 0 aliphatic carbocycles. The molecule has 6 heteroatoms. The maximum Gasteiger partial charge on any atom is 0.330 e. The fourth-order valence-electron chi connectivity index (χ4n) is 2.01. The third kappa shape index (κ3) is 2.68. The van der Waals surface area contributed by atoms with Crippen molar-refractivity contribution in [2.75, 3.05) is 25.6 Å². The van der Waals surface area contributed by atoms with E-state index >= 15 is 0 Å². The van der Waals surface area contributed by atoms with E-state index in [1.54, 1.807) is 26.0 Å². The highest BCUT2D eigenvalue weighted by atomic mass is 16.5. The smallest absolute Gasteiger partial charge is 0.330 e. The van der Waals surface area contributed by atoms with E-state index in [-0.39, 0.29) is 5.91 Å². The number of amides is 1. The average molecular weight is 278 g/mol. The van der Waals surface area contributed by atoms with Gasteiger partial charge in [-0.1, -0.05) is 6.07 Å². The fraction of sp³-hybridized carbons (Fsp3) is 0.429. The number of rotatable bonds is 3. The normalized spacial score (nSPS) is 13.6. The van der Waals surface area contributed by atoms with Gasteiger partial charge in [0.1, 0.15) is 12.1 Å². The lowest BCUT2D eigenvalue weighted by molar-refractivity contribution is -0.146. The zero-order valence-corrected chi connectivity index (χ0v) is 11.8. The van der Waals surface area contributed by atoms with Crippen LogP contribution in [0.3, 0.4) is 0 Å². The molecular formula is C14H18N2O4. The lowest BCUT2D eigenvalue weighted by atomic mass is 10.0. The number of hydrogen-bond acceptors (Lipinski definition) is 5. The van der Waals surface area contributed by atoms with E-state index in [2.05, 4.69) is 15.4 Å². The number of benzene rings is 1. The molecule has 0 radical (unpaired) electrons. The minimum atomic E-state index is -1.10. The number of para-hydroxylation sites is 1. The highest BCUT2D eigenvalue weighted by molar-refractivity contribution is 6.01. The molecule has 1 heterocycles. The van der Waals surface area contributed by atoms with E-state index in [0.717, 1.165) is 5.69 Å². The van der Waals surface area contributed by atoms with Gasteiger partial charge in [-0.15, -0.1) is 0 Å². The van der Waals surface area contributed by atoms with Crippen LogP contribution >= 0.6 is 0 Å². The van der Waals surface area contributed by atoms with Gasteiger partial charge in [0.25, 0.3) is 5.91 Å². The van der Waals surface area contributed by atoms with Gasteiger partial charge in [0.2, 0.25) is 0 Å². The Morgan fingerprint density at radius 3 is 2.85 bits per heavy atom. The first kappa shape index (κ1) is 14.2. The minimum Gasteiger partial charge on any atom is -0.489 e. The van der Waals surface area contributed by atoms with Crippen molar-refractivity contribution in [2.45, 2.75) is 19.4 Å². The van der Waals surface area contributed by atoms with Crippen molar-refractivity contribution in [1.29, 1.82) is 0 Å². The number of carbonyl (C=O) groups excluding carboxylic acids is 2. The lowest BCUT2D eigenvalue weighted by Gasteiger charge is -2.25. The molecule has 0 aromatic heterocycles. The van der Waals surface area contributed by atoms with Crippen LogP contribution in [0.1, 0.15) is 24.2 Å². The number of ether oxygens (including phenoxy) is 2. The van der Waals surface area contributed by atoms with Gasteiger partial charge in [-0.05, 0) is 26.0 Å². The first-order valence-corrected chi connectivity index (χ1v) is 6.36. The number of hydrogen-bond donors (Lipinski definition) is 2. The largest absolute Gasteiger partial charge is 0.489 e. The van der Waals surface area contributed by atoms with E-state index in [9.17, 15) is 9.59 Å². The zero-order valence-electron chi connectivity index (χ0n) is 11.8. The summed E-state index contributed by atoms with van der Waals surface area (Å²) in [6.45, 7) is 4.37. The van der Waals surface area contributed by atoms with Crippen LogP contribution in [0.4, 0.5) is 5.69 Å². The molecule has 0 spiro atoms. The molecule has 108 valence electrons. The van der Waals surface area contributed by atoms with E-state index in [0.29, 0.717) is 24.5 Å². The maximum atomic E-state index is 12.3. The van der Waals surface area contributed by atoms with Gasteiger partial charge in [0, 0.05) is 6.54 Å². The fourth-order valence-corrected chi connectivity index (χ4v) is 2.01. The molecule has 1 aliphatic rings. The average Bonchev–Trinajstić information content (AvgIpc) is 2.45. The number of fused-ring (bicyclic) bond motifs is 1. The predicted octanol–water partition coefficient (Wildman–Crippen LogP) is 1.17. The van der Waals surface area contributed by atoms with Crippen molar-refractivity contribution < 1.29 is 19.1 Å². The minimum absolute atomic E-state index is 0.374. The number of anilines is 1. The van der Waals surface area contributed by atoms with Crippen molar-refractivity contribution in [3.63, 3.8) is 0 Å². The van der Waals surface area contributed by atoms with Crippen LogP contribution in [0.15, 0.2) is 18.2 Å². The summed E-state index contributed by atoms with van der Waals surface area (Å²) >= 11 is 0. The van der Waals surface area contributed by atoms with Crippen LogP contribution < -0.4 is 15.4 Å². The van der Waals surface area contributed by atoms with Gasteiger partial charge >= 0.3 is 5.97 Å². The topological polar surface area (TPSA) is 76.7 Å². The molecule has 1 aliphatic heterocycles. The summed E-state index contributed by atoms with van der Waals surface area (Å²) in [6, 6.07) is 5.27. The molecule has 1 aromatic carbocycles. The molecule has 0 fully saturated rings. The second-order valence-electron chi connectivity index (χ2n) is 5.03. The summed E-state index contributed by atoms with van der Waals surface area (Å²) in [7, 11) is 1.29. The van der Waals surface area contributed by atoms with Gasteiger partial charge in [0.05, 0.1) is 18.4 Å². The Bertz CT molecular complexity index is 540. The first-order chi connectivity index (χ1) is 9.45. The van der Waals surface area contributed by atoms with Crippen LogP contribution in [0, 0.1) is 0 Å². The van der Waals surface area contributed by atoms with Crippen LogP contribution in [0.2, 0.25) is 0 Å². The summed E-state index contributed by atoms with van der Waals surface area (Å²) in [5, 5.41) is 5.81. The van der Waals surface area contributed by atoms with Gasteiger partial charge in [-0.25, -0.2) is 4.79 Å². The number of esters is 1. The van der Waals surface area contributed by atoms with Crippen molar-refractivity contribution in [2.24, 2.45) is 0 Å². The van der Waals surface area contributed by atoms with Crippen molar-refractivity contribution >= 4 is 17.6 Å². The summed E-state index contributed by atoms with van der Waals surface area (Å²) in [4.78, 5) is 23.9. The summed E-state index contributed by atoms with van der Waals surface area (Å²) in [5.41, 5.74) is 0.0721. The molecule has 2 N–H and O–H groups in total. The molecule has 6 nitrogen and oxygen atoms in total. The second-order valence-corrected chi connectivity index (χ2v) is 5.03. The molecule has 20 heavy (non-hydrogen) atoms. The molecule has 0 saturated heterocycles. The zero-order chi connectivity index (χ0) is 14.8. The van der Waals surface area contributed by atoms with E-state index < -0.39 is 11.5 Å². The molecule has 1 amide bonds. The third-order valence-electron chi connectivity index (χ3n) is 3.05.